The number of alkyl halides is 3. The van der Waals surface area contributed by atoms with Crippen molar-refractivity contribution in [2.45, 2.75) is 24.4 Å². The normalized spacial score (nSPS) is 16.4. The van der Waals surface area contributed by atoms with Crippen molar-refractivity contribution < 1.29 is 40.4 Å². The molecule has 1 aliphatic rings. The van der Waals surface area contributed by atoms with Crippen molar-refractivity contribution >= 4 is 39.4 Å². The highest BCUT2D eigenvalue weighted by Crippen LogP contribution is 2.41. The lowest BCUT2D eigenvalue weighted by atomic mass is 9.88. The Labute approximate surface area is 191 Å². The smallest absolute Gasteiger partial charge is 0.493 e. The number of methoxy groups -OCH3 is 1. The molecule has 1 unspecified atom stereocenters. The SMILES string of the molecule is COc1cc2c(cc1OS(=O)(=O)C(F)(F)F)C(Cc1ccc(Cl)c(Cl)c1)N(C(=O)O)CC2. The van der Waals surface area contributed by atoms with Crippen LogP contribution in [0.4, 0.5) is 18.0 Å². The molecule has 0 aliphatic carbocycles. The van der Waals surface area contributed by atoms with Gasteiger partial charge in [-0.15, -0.1) is 0 Å². The van der Waals surface area contributed by atoms with E-state index >= 15 is 0 Å². The minimum Gasteiger partial charge on any atom is -0.493 e. The summed E-state index contributed by atoms with van der Waals surface area (Å²) in [5.41, 5.74) is -4.16. The van der Waals surface area contributed by atoms with E-state index in [9.17, 15) is 31.5 Å². The van der Waals surface area contributed by atoms with Gasteiger partial charge in [0.2, 0.25) is 0 Å². The van der Waals surface area contributed by atoms with Gasteiger partial charge in [-0.05, 0) is 53.8 Å². The summed E-state index contributed by atoms with van der Waals surface area (Å²) in [5, 5.41) is 10.2. The highest BCUT2D eigenvalue weighted by atomic mass is 35.5. The molecule has 32 heavy (non-hydrogen) atoms. The predicted octanol–water partition coefficient (Wildman–Crippen LogP) is 5.05. The number of carbonyl (C=O) groups is 1. The molecule has 2 aromatic rings. The van der Waals surface area contributed by atoms with Crippen molar-refractivity contribution in [3.63, 3.8) is 0 Å². The molecule has 1 N–H and O–H groups in total. The molecule has 0 radical (unpaired) electrons. The Balaban J connectivity index is 2.10. The molecular weight excluding hydrogens is 498 g/mol. The van der Waals surface area contributed by atoms with Crippen LogP contribution in [0.2, 0.25) is 10.0 Å². The first kappa shape index (κ1) is 24.3. The second kappa shape index (κ2) is 8.87. The van der Waals surface area contributed by atoms with Crippen molar-refractivity contribution in [1.29, 1.82) is 0 Å². The van der Waals surface area contributed by atoms with Gasteiger partial charge >= 0.3 is 21.7 Å². The maximum Gasteiger partial charge on any atom is 0.534 e. The molecule has 0 saturated heterocycles. The summed E-state index contributed by atoms with van der Waals surface area (Å²) < 4.78 is 70.9. The summed E-state index contributed by atoms with van der Waals surface area (Å²) in [4.78, 5) is 12.9. The average Bonchev–Trinajstić information content (AvgIpc) is 2.69. The summed E-state index contributed by atoms with van der Waals surface area (Å²) in [6, 6.07) is 6.28. The van der Waals surface area contributed by atoms with Crippen LogP contribution in [0.5, 0.6) is 11.5 Å². The quantitative estimate of drug-likeness (QED) is 0.444. The summed E-state index contributed by atoms with van der Waals surface area (Å²) in [7, 11) is -4.82. The van der Waals surface area contributed by atoms with E-state index in [1.165, 1.54) is 12.1 Å². The molecule has 0 bridgehead atoms. The number of hydrogen-bond acceptors (Lipinski definition) is 5. The van der Waals surface area contributed by atoms with Crippen molar-refractivity contribution in [1.82, 2.24) is 4.90 Å². The number of nitrogens with zero attached hydrogens (tertiary/aromatic N) is 1. The Kier molecular flexibility index (Phi) is 6.73. The molecule has 0 aromatic heterocycles. The Morgan fingerprint density at radius 1 is 1.19 bits per heavy atom. The van der Waals surface area contributed by atoms with Gasteiger partial charge in [-0.1, -0.05) is 29.3 Å². The first-order valence-electron chi connectivity index (χ1n) is 8.99. The number of halogens is 5. The number of amides is 1. The fourth-order valence-corrected chi connectivity index (χ4v) is 4.22. The zero-order valence-electron chi connectivity index (χ0n) is 16.3. The standard InChI is InChI=1S/C19H16Cl2F3NO6S/c1-30-16-8-11-4-5-25(18(26)27)15(7-10-2-3-13(20)14(21)6-10)12(11)9-17(16)31-32(28,29)19(22,23)24/h2-3,6,8-9,15H,4-5,7H2,1H3,(H,26,27). The molecule has 7 nitrogen and oxygen atoms in total. The number of benzene rings is 2. The van der Waals surface area contributed by atoms with Crippen molar-refractivity contribution in [3.05, 3.63) is 57.1 Å². The Morgan fingerprint density at radius 2 is 1.88 bits per heavy atom. The maximum atomic E-state index is 12.8. The van der Waals surface area contributed by atoms with E-state index in [-0.39, 0.29) is 35.7 Å². The van der Waals surface area contributed by atoms with Crippen molar-refractivity contribution in [2.75, 3.05) is 13.7 Å². The van der Waals surface area contributed by atoms with Gasteiger partial charge in [-0.2, -0.15) is 21.6 Å². The second-order valence-electron chi connectivity index (χ2n) is 6.88. The van der Waals surface area contributed by atoms with E-state index in [1.54, 1.807) is 12.1 Å². The summed E-state index contributed by atoms with van der Waals surface area (Å²) in [6.07, 6.45) is -0.905. The monoisotopic (exact) mass is 513 g/mol. The van der Waals surface area contributed by atoms with Gasteiger partial charge in [-0.25, -0.2) is 4.79 Å². The van der Waals surface area contributed by atoms with Gasteiger partial charge in [0.15, 0.2) is 11.5 Å². The molecular formula is C19H16Cl2F3NO6S. The number of fused-ring (bicyclic) bond motifs is 1. The Hall–Kier alpha value is -2.37. The lowest BCUT2D eigenvalue weighted by molar-refractivity contribution is -0.0500. The highest BCUT2D eigenvalue weighted by molar-refractivity contribution is 7.88. The van der Waals surface area contributed by atoms with Crippen LogP contribution in [-0.4, -0.2) is 43.7 Å². The zero-order chi connectivity index (χ0) is 23.8. The Morgan fingerprint density at radius 3 is 2.44 bits per heavy atom. The molecule has 174 valence electrons. The van der Waals surface area contributed by atoms with E-state index in [0.29, 0.717) is 16.1 Å². The number of rotatable bonds is 5. The van der Waals surface area contributed by atoms with Crippen LogP contribution < -0.4 is 8.92 Å². The summed E-state index contributed by atoms with van der Waals surface area (Å²) in [6.45, 7) is 0.110. The molecule has 3 rings (SSSR count). The van der Waals surface area contributed by atoms with E-state index in [1.807, 2.05) is 0 Å². The van der Waals surface area contributed by atoms with Crippen LogP contribution in [0.1, 0.15) is 22.7 Å². The lowest BCUT2D eigenvalue weighted by Gasteiger charge is -2.36. The molecule has 1 heterocycles. The Bertz CT molecular complexity index is 1160. The molecule has 2 aromatic carbocycles. The van der Waals surface area contributed by atoms with Gasteiger partial charge in [0.1, 0.15) is 0 Å². The number of ether oxygens (including phenoxy) is 1. The van der Waals surface area contributed by atoms with Crippen molar-refractivity contribution in [2.24, 2.45) is 0 Å². The fourth-order valence-electron chi connectivity index (χ4n) is 3.44. The third-order valence-corrected chi connectivity index (χ3v) is 6.63. The first-order chi connectivity index (χ1) is 14.8. The molecule has 0 spiro atoms. The van der Waals surface area contributed by atoms with E-state index in [4.69, 9.17) is 27.9 Å². The fraction of sp³-hybridized carbons (Fsp3) is 0.316. The predicted molar refractivity (Wildman–Crippen MR) is 110 cm³/mol. The topological polar surface area (TPSA) is 93.1 Å². The number of carboxylic acid groups (broad SMARTS) is 1. The van der Waals surface area contributed by atoms with Gasteiger partial charge < -0.3 is 18.9 Å². The summed E-state index contributed by atoms with van der Waals surface area (Å²) in [5.74, 6) is -0.927. The highest BCUT2D eigenvalue weighted by Gasteiger charge is 2.49. The molecule has 0 saturated carbocycles. The van der Waals surface area contributed by atoms with Gasteiger partial charge in [0.25, 0.3) is 0 Å². The minimum atomic E-state index is -5.97. The minimum absolute atomic E-state index is 0.105. The molecule has 0 fully saturated rings. The molecule has 1 amide bonds. The molecule has 1 aliphatic heterocycles. The lowest BCUT2D eigenvalue weighted by Crippen LogP contribution is -2.40. The van der Waals surface area contributed by atoms with E-state index < -0.39 is 33.5 Å². The summed E-state index contributed by atoms with van der Waals surface area (Å²) >= 11 is 12.0. The molecule has 1 atom stereocenters. The van der Waals surface area contributed by atoms with E-state index in [2.05, 4.69) is 4.18 Å². The van der Waals surface area contributed by atoms with Crippen molar-refractivity contribution in [3.8, 4) is 11.5 Å². The van der Waals surface area contributed by atoms with Crippen LogP contribution in [0.15, 0.2) is 30.3 Å². The van der Waals surface area contributed by atoms with Crippen LogP contribution in [0.3, 0.4) is 0 Å². The second-order valence-corrected chi connectivity index (χ2v) is 9.23. The molecule has 13 heteroatoms. The average molecular weight is 514 g/mol. The van der Waals surface area contributed by atoms with E-state index in [0.717, 1.165) is 18.1 Å². The largest absolute Gasteiger partial charge is 0.534 e. The van der Waals surface area contributed by atoms with Gasteiger partial charge in [-0.3, -0.25) is 0 Å². The van der Waals surface area contributed by atoms with Gasteiger partial charge in [0, 0.05) is 6.54 Å². The third-order valence-electron chi connectivity index (χ3n) is 4.92. The van der Waals surface area contributed by atoms with Crippen LogP contribution in [0, 0.1) is 0 Å². The zero-order valence-corrected chi connectivity index (χ0v) is 18.6. The first-order valence-corrected chi connectivity index (χ1v) is 11.2. The van der Waals surface area contributed by atoms with Crippen LogP contribution >= 0.6 is 23.2 Å². The van der Waals surface area contributed by atoms with Crippen LogP contribution in [0.25, 0.3) is 0 Å². The maximum absolute atomic E-state index is 12.8. The van der Waals surface area contributed by atoms with Crippen LogP contribution in [-0.2, 0) is 23.0 Å². The number of hydrogen-bond donors (Lipinski definition) is 1. The van der Waals surface area contributed by atoms with Gasteiger partial charge in [0.05, 0.1) is 23.2 Å². The third kappa shape index (κ3) is 4.84.